The Hall–Kier alpha value is -1.90. The lowest BCUT2D eigenvalue weighted by Gasteiger charge is -2.13. The average molecular weight is 296 g/mol. The van der Waals surface area contributed by atoms with Crippen molar-refractivity contribution in [2.45, 2.75) is 26.3 Å². The zero-order valence-corrected chi connectivity index (χ0v) is 10.5. The van der Waals surface area contributed by atoms with Crippen LogP contribution in [0.4, 0.5) is 17.6 Å². The van der Waals surface area contributed by atoms with E-state index in [1.54, 1.807) is 0 Å². The van der Waals surface area contributed by atoms with Crippen molar-refractivity contribution < 1.29 is 31.8 Å². The Kier molecular flexibility index (Phi) is 5.26. The Balaban J connectivity index is 3.07. The van der Waals surface area contributed by atoms with E-state index in [4.69, 9.17) is 5.73 Å². The summed E-state index contributed by atoms with van der Waals surface area (Å²) >= 11 is 0. The van der Waals surface area contributed by atoms with Crippen molar-refractivity contribution in [1.29, 1.82) is 0 Å². The quantitative estimate of drug-likeness (QED) is 0.661. The van der Waals surface area contributed by atoms with Crippen molar-refractivity contribution in [3.63, 3.8) is 0 Å². The largest absolute Gasteiger partial charge is 0.574 e. The molecule has 0 saturated carbocycles. The minimum atomic E-state index is -4.99. The lowest BCUT2D eigenvalue weighted by atomic mass is 10.2. The number of rotatable bonds is 5. The third-order valence-electron chi connectivity index (χ3n) is 2.14. The molecule has 1 heterocycles. The van der Waals surface area contributed by atoms with Crippen LogP contribution in [0.25, 0.3) is 0 Å². The first-order chi connectivity index (χ1) is 9.26. The molecular formula is C11H12F4N2O3. The van der Waals surface area contributed by atoms with Crippen LogP contribution < -0.4 is 10.5 Å². The maximum atomic E-state index is 13.6. The topological polar surface area (TPSA) is 74.4 Å². The lowest BCUT2D eigenvalue weighted by molar-refractivity contribution is -0.276. The molecular weight excluding hydrogens is 284 g/mol. The highest BCUT2D eigenvalue weighted by Gasteiger charge is 2.33. The smallest absolute Gasteiger partial charge is 0.466 e. The van der Waals surface area contributed by atoms with Gasteiger partial charge in [-0.3, -0.25) is 4.79 Å². The number of esters is 1. The van der Waals surface area contributed by atoms with E-state index in [9.17, 15) is 22.4 Å². The van der Waals surface area contributed by atoms with Gasteiger partial charge in [-0.05, 0) is 13.0 Å². The first kappa shape index (κ1) is 16.2. The monoisotopic (exact) mass is 296 g/mol. The summed E-state index contributed by atoms with van der Waals surface area (Å²) < 4.78 is 58.4. The normalized spacial score (nSPS) is 11.3. The molecule has 112 valence electrons. The van der Waals surface area contributed by atoms with Gasteiger partial charge in [0.2, 0.25) is 5.88 Å². The minimum Gasteiger partial charge on any atom is -0.466 e. The summed E-state index contributed by atoms with van der Waals surface area (Å²) in [5.41, 5.74) is 4.43. The number of nitrogens with two attached hydrogens (primary N) is 1. The maximum Gasteiger partial charge on any atom is 0.574 e. The van der Waals surface area contributed by atoms with E-state index >= 15 is 0 Å². The Bertz CT molecular complexity index is 491. The second-order valence-corrected chi connectivity index (χ2v) is 3.61. The SMILES string of the molecule is CCOC(=O)Cc1nc(OC(F)(F)F)c(CN)cc1F. The fraction of sp³-hybridized carbons (Fsp3) is 0.455. The van der Waals surface area contributed by atoms with E-state index in [0.29, 0.717) is 0 Å². The third kappa shape index (κ3) is 4.65. The van der Waals surface area contributed by atoms with Gasteiger partial charge in [-0.25, -0.2) is 9.37 Å². The Labute approximate surface area is 111 Å². The van der Waals surface area contributed by atoms with E-state index in [1.165, 1.54) is 6.92 Å². The van der Waals surface area contributed by atoms with Crippen LogP contribution in [0.15, 0.2) is 6.07 Å². The molecule has 0 aliphatic heterocycles. The molecule has 9 heteroatoms. The molecule has 2 N–H and O–H groups in total. The summed E-state index contributed by atoms with van der Waals surface area (Å²) in [6.45, 7) is 1.21. The van der Waals surface area contributed by atoms with Gasteiger partial charge in [0.05, 0.1) is 18.7 Å². The van der Waals surface area contributed by atoms with Crippen LogP contribution >= 0.6 is 0 Å². The summed E-state index contributed by atoms with van der Waals surface area (Å²) in [7, 11) is 0. The van der Waals surface area contributed by atoms with Gasteiger partial charge >= 0.3 is 12.3 Å². The number of aromatic nitrogens is 1. The van der Waals surface area contributed by atoms with Gasteiger partial charge in [-0.2, -0.15) is 0 Å². The molecule has 1 aromatic rings. The van der Waals surface area contributed by atoms with Crippen molar-refractivity contribution in [3.05, 3.63) is 23.1 Å². The highest BCUT2D eigenvalue weighted by atomic mass is 19.4. The number of halogens is 4. The van der Waals surface area contributed by atoms with Gasteiger partial charge in [0.15, 0.2) is 0 Å². The zero-order chi connectivity index (χ0) is 15.3. The summed E-state index contributed by atoms with van der Waals surface area (Å²) in [5.74, 6) is -2.63. The van der Waals surface area contributed by atoms with E-state index in [0.717, 1.165) is 6.07 Å². The molecule has 0 aromatic carbocycles. The van der Waals surface area contributed by atoms with Crippen molar-refractivity contribution in [2.24, 2.45) is 5.73 Å². The molecule has 1 aromatic heterocycles. The summed E-state index contributed by atoms with van der Waals surface area (Å²) in [4.78, 5) is 14.6. The van der Waals surface area contributed by atoms with Crippen molar-refractivity contribution in [3.8, 4) is 5.88 Å². The van der Waals surface area contributed by atoms with Gasteiger partial charge in [-0.1, -0.05) is 0 Å². The first-order valence-corrected chi connectivity index (χ1v) is 5.56. The lowest BCUT2D eigenvalue weighted by Crippen LogP contribution is -2.21. The number of alkyl halides is 3. The fourth-order valence-electron chi connectivity index (χ4n) is 1.36. The highest BCUT2D eigenvalue weighted by Crippen LogP contribution is 2.26. The van der Waals surface area contributed by atoms with Crippen molar-refractivity contribution in [2.75, 3.05) is 6.61 Å². The standard InChI is InChI=1S/C11H12F4N2O3/c1-2-19-9(18)4-8-7(12)3-6(5-16)10(17-8)20-11(13,14)15/h3H,2,4-5,16H2,1H3. The molecule has 0 atom stereocenters. The Morgan fingerprint density at radius 2 is 2.10 bits per heavy atom. The van der Waals surface area contributed by atoms with Crippen LogP contribution in [0.1, 0.15) is 18.2 Å². The van der Waals surface area contributed by atoms with E-state index in [-0.39, 0.29) is 12.2 Å². The van der Waals surface area contributed by atoms with Gasteiger partial charge in [-0.15, -0.1) is 13.2 Å². The van der Waals surface area contributed by atoms with Crippen LogP contribution in [0, 0.1) is 5.82 Å². The molecule has 0 saturated heterocycles. The molecule has 0 aliphatic rings. The van der Waals surface area contributed by atoms with Gasteiger partial charge in [0.25, 0.3) is 0 Å². The van der Waals surface area contributed by atoms with Crippen LogP contribution in [0.3, 0.4) is 0 Å². The van der Waals surface area contributed by atoms with Gasteiger partial charge in [0.1, 0.15) is 5.82 Å². The van der Waals surface area contributed by atoms with Gasteiger partial charge in [0, 0.05) is 12.1 Å². The number of carbonyl (C=O) groups is 1. The number of carbonyl (C=O) groups excluding carboxylic acids is 1. The second kappa shape index (κ2) is 6.51. The maximum absolute atomic E-state index is 13.6. The number of hydrogen-bond donors (Lipinski definition) is 1. The zero-order valence-electron chi connectivity index (χ0n) is 10.5. The number of pyridine rings is 1. The van der Waals surface area contributed by atoms with E-state index < -0.39 is 42.7 Å². The third-order valence-corrected chi connectivity index (χ3v) is 2.14. The minimum absolute atomic E-state index is 0.0627. The Morgan fingerprint density at radius 3 is 2.60 bits per heavy atom. The number of nitrogens with zero attached hydrogens (tertiary/aromatic N) is 1. The molecule has 0 amide bonds. The molecule has 20 heavy (non-hydrogen) atoms. The number of hydrogen-bond acceptors (Lipinski definition) is 5. The second-order valence-electron chi connectivity index (χ2n) is 3.61. The highest BCUT2D eigenvalue weighted by molar-refractivity contribution is 5.72. The van der Waals surface area contributed by atoms with Crippen LogP contribution in [0.5, 0.6) is 5.88 Å². The Morgan fingerprint density at radius 1 is 1.45 bits per heavy atom. The molecule has 0 radical (unpaired) electrons. The summed E-state index contributed by atoms with van der Waals surface area (Å²) in [6, 6.07) is 0.753. The molecule has 0 aliphatic carbocycles. The molecule has 1 rings (SSSR count). The fourth-order valence-corrected chi connectivity index (χ4v) is 1.36. The van der Waals surface area contributed by atoms with Crippen LogP contribution in [0.2, 0.25) is 0 Å². The van der Waals surface area contributed by atoms with Gasteiger partial charge < -0.3 is 15.2 Å². The average Bonchev–Trinajstić information content (AvgIpc) is 2.31. The molecule has 0 fully saturated rings. The summed E-state index contributed by atoms with van der Waals surface area (Å²) in [5, 5.41) is 0. The number of ether oxygens (including phenoxy) is 2. The molecule has 5 nitrogen and oxygen atoms in total. The predicted octanol–water partition coefficient (Wildman–Crippen LogP) is 1.68. The predicted molar refractivity (Wildman–Crippen MR) is 59.1 cm³/mol. The van der Waals surface area contributed by atoms with E-state index in [1.807, 2.05) is 0 Å². The molecule has 0 bridgehead atoms. The van der Waals surface area contributed by atoms with Crippen LogP contribution in [-0.2, 0) is 22.5 Å². The first-order valence-electron chi connectivity index (χ1n) is 5.56. The van der Waals surface area contributed by atoms with Crippen molar-refractivity contribution >= 4 is 5.97 Å². The summed E-state index contributed by atoms with van der Waals surface area (Å²) in [6.07, 6.45) is -5.59. The van der Waals surface area contributed by atoms with E-state index in [2.05, 4.69) is 14.5 Å². The van der Waals surface area contributed by atoms with Crippen LogP contribution in [-0.4, -0.2) is 23.9 Å². The molecule has 0 unspecified atom stereocenters. The molecule has 0 spiro atoms. The van der Waals surface area contributed by atoms with Crippen molar-refractivity contribution in [1.82, 2.24) is 4.98 Å².